The maximum Gasteiger partial charge on any atom is 0.255 e. The van der Waals surface area contributed by atoms with E-state index in [0.29, 0.717) is 5.69 Å². The molecular weight excluding hydrogens is 408 g/mol. The molecule has 29 heavy (non-hydrogen) atoms. The zero-order valence-corrected chi connectivity index (χ0v) is 17.5. The van der Waals surface area contributed by atoms with Gasteiger partial charge in [0.15, 0.2) is 0 Å². The second kappa shape index (κ2) is 9.13. The molecule has 6 nitrogen and oxygen atoms in total. The zero-order chi connectivity index (χ0) is 20.9. The number of hydrogen-bond acceptors (Lipinski definition) is 5. The SMILES string of the molecule is CNS(=O)(=O)c1cc(C(=O)Nc2ccccc2Sc2ccccc2)ccc1OC. The number of amides is 1. The van der Waals surface area contributed by atoms with Crippen molar-refractivity contribution >= 4 is 33.4 Å². The average Bonchev–Trinajstić information content (AvgIpc) is 2.75. The van der Waals surface area contributed by atoms with Gasteiger partial charge in [-0.2, -0.15) is 0 Å². The van der Waals surface area contributed by atoms with Crippen molar-refractivity contribution in [3.8, 4) is 5.75 Å². The molecule has 0 bridgehead atoms. The lowest BCUT2D eigenvalue weighted by molar-refractivity contribution is 0.102. The van der Waals surface area contributed by atoms with Crippen molar-refractivity contribution in [2.24, 2.45) is 0 Å². The average molecular weight is 429 g/mol. The van der Waals surface area contributed by atoms with E-state index in [1.165, 1.54) is 44.1 Å². The van der Waals surface area contributed by atoms with Gasteiger partial charge in [0, 0.05) is 15.4 Å². The van der Waals surface area contributed by atoms with Crippen LogP contribution in [-0.2, 0) is 10.0 Å². The Labute approximate surface area is 174 Å². The van der Waals surface area contributed by atoms with Crippen LogP contribution in [0.5, 0.6) is 5.75 Å². The van der Waals surface area contributed by atoms with E-state index in [-0.39, 0.29) is 16.2 Å². The van der Waals surface area contributed by atoms with E-state index in [9.17, 15) is 13.2 Å². The summed E-state index contributed by atoms with van der Waals surface area (Å²) in [4.78, 5) is 14.6. The molecule has 3 aromatic rings. The molecule has 0 aliphatic rings. The van der Waals surface area contributed by atoms with Gasteiger partial charge in [-0.05, 0) is 49.5 Å². The summed E-state index contributed by atoms with van der Waals surface area (Å²) < 4.78 is 31.8. The molecule has 0 saturated carbocycles. The van der Waals surface area contributed by atoms with Crippen molar-refractivity contribution in [1.82, 2.24) is 4.72 Å². The number of hydrogen-bond donors (Lipinski definition) is 2. The number of para-hydroxylation sites is 1. The number of sulfonamides is 1. The fourth-order valence-electron chi connectivity index (χ4n) is 2.61. The van der Waals surface area contributed by atoms with E-state index in [1.54, 1.807) is 6.07 Å². The smallest absolute Gasteiger partial charge is 0.255 e. The number of carbonyl (C=O) groups is 1. The van der Waals surface area contributed by atoms with Crippen LogP contribution in [0.25, 0.3) is 0 Å². The molecule has 150 valence electrons. The van der Waals surface area contributed by atoms with Crippen molar-refractivity contribution in [1.29, 1.82) is 0 Å². The van der Waals surface area contributed by atoms with Crippen molar-refractivity contribution < 1.29 is 17.9 Å². The highest BCUT2D eigenvalue weighted by Gasteiger charge is 2.20. The van der Waals surface area contributed by atoms with E-state index >= 15 is 0 Å². The lowest BCUT2D eigenvalue weighted by atomic mass is 10.2. The van der Waals surface area contributed by atoms with Gasteiger partial charge in [0.1, 0.15) is 10.6 Å². The normalized spacial score (nSPS) is 11.1. The quantitative estimate of drug-likeness (QED) is 0.594. The summed E-state index contributed by atoms with van der Waals surface area (Å²) in [5, 5.41) is 2.87. The van der Waals surface area contributed by atoms with Gasteiger partial charge < -0.3 is 10.1 Å². The molecule has 0 heterocycles. The van der Waals surface area contributed by atoms with Crippen LogP contribution in [0.4, 0.5) is 5.69 Å². The third kappa shape index (κ3) is 4.97. The minimum atomic E-state index is -3.78. The first-order chi connectivity index (χ1) is 13.9. The van der Waals surface area contributed by atoms with Gasteiger partial charge in [0.05, 0.1) is 12.8 Å². The monoisotopic (exact) mass is 428 g/mol. The van der Waals surface area contributed by atoms with Gasteiger partial charge in [0.2, 0.25) is 10.0 Å². The minimum absolute atomic E-state index is 0.0953. The lowest BCUT2D eigenvalue weighted by Crippen LogP contribution is -2.20. The molecule has 0 aliphatic carbocycles. The van der Waals surface area contributed by atoms with Crippen LogP contribution in [-0.4, -0.2) is 28.5 Å². The minimum Gasteiger partial charge on any atom is -0.495 e. The molecule has 3 rings (SSSR count). The highest BCUT2D eigenvalue weighted by Crippen LogP contribution is 2.33. The summed E-state index contributed by atoms with van der Waals surface area (Å²) in [6.07, 6.45) is 0. The molecule has 3 aromatic carbocycles. The molecule has 0 unspecified atom stereocenters. The van der Waals surface area contributed by atoms with Crippen LogP contribution in [0, 0.1) is 0 Å². The molecular formula is C21H20N2O4S2. The first kappa shape index (κ1) is 20.9. The summed E-state index contributed by atoms with van der Waals surface area (Å²) in [7, 11) is -1.10. The second-order valence-electron chi connectivity index (χ2n) is 5.94. The number of ether oxygens (including phenoxy) is 1. The standard InChI is InChI=1S/C21H20N2O4S2/c1-22-29(25,26)20-14-15(12-13-18(20)27-2)21(24)23-17-10-6-7-11-19(17)28-16-8-4-3-5-9-16/h3-14,22H,1-2H3,(H,23,24). The first-order valence-electron chi connectivity index (χ1n) is 8.69. The number of rotatable bonds is 7. The van der Waals surface area contributed by atoms with Gasteiger partial charge in [-0.1, -0.05) is 42.1 Å². The van der Waals surface area contributed by atoms with E-state index in [1.807, 2.05) is 48.5 Å². The molecule has 0 atom stereocenters. The van der Waals surface area contributed by atoms with Gasteiger partial charge in [0.25, 0.3) is 5.91 Å². The Morgan fingerprint density at radius 3 is 2.34 bits per heavy atom. The Kier molecular flexibility index (Phi) is 6.58. The van der Waals surface area contributed by atoms with Crippen LogP contribution in [0.2, 0.25) is 0 Å². The number of anilines is 1. The number of carbonyl (C=O) groups excluding carboxylic acids is 1. The largest absolute Gasteiger partial charge is 0.495 e. The second-order valence-corrected chi connectivity index (χ2v) is 8.91. The molecule has 0 saturated heterocycles. The van der Waals surface area contributed by atoms with Crippen LogP contribution in [0.3, 0.4) is 0 Å². The summed E-state index contributed by atoms with van der Waals surface area (Å²) >= 11 is 1.53. The van der Waals surface area contributed by atoms with Crippen molar-refractivity contribution in [3.05, 3.63) is 78.4 Å². The fourth-order valence-corrected chi connectivity index (χ4v) is 4.45. The number of benzene rings is 3. The predicted octanol–water partition coefficient (Wildman–Crippen LogP) is 4.01. The van der Waals surface area contributed by atoms with Crippen molar-refractivity contribution in [2.75, 3.05) is 19.5 Å². The van der Waals surface area contributed by atoms with Crippen LogP contribution < -0.4 is 14.8 Å². The van der Waals surface area contributed by atoms with E-state index in [0.717, 1.165) is 9.79 Å². The summed E-state index contributed by atoms with van der Waals surface area (Å²) in [5.41, 5.74) is 0.847. The van der Waals surface area contributed by atoms with E-state index in [2.05, 4.69) is 10.0 Å². The summed E-state index contributed by atoms with van der Waals surface area (Å²) in [5.74, 6) is -0.253. The maximum absolute atomic E-state index is 12.8. The molecule has 0 aromatic heterocycles. The van der Waals surface area contributed by atoms with Gasteiger partial charge >= 0.3 is 0 Å². The Hall–Kier alpha value is -2.81. The van der Waals surface area contributed by atoms with Crippen LogP contribution in [0.1, 0.15) is 10.4 Å². The lowest BCUT2D eigenvalue weighted by Gasteiger charge is -2.13. The van der Waals surface area contributed by atoms with Gasteiger partial charge in [-0.15, -0.1) is 0 Å². The van der Waals surface area contributed by atoms with Gasteiger partial charge in [-0.3, -0.25) is 4.79 Å². The van der Waals surface area contributed by atoms with Crippen LogP contribution >= 0.6 is 11.8 Å². The summed E-state index contributed by atoms with van der Waals surface area (Å²) in [6, 6.07) is 21.5. The highest BCUT2D eigenvalue weighted by molar-refractivity contribution is 7.99. The van der Waals surface area contributed by atoms with Crippen molar-refractivity contribution in [2.45, 2.75) is 14.7 Å². The predicted molar refractivity (Wildman–Crippen MR) is 114 cm³/mol. The van der Waals surface area contributed by atoms with Crippen LogP contribution in [0.15, 0.2) is 87.5 Å². The Morgan fingerprint density at radius 1 is 0.966 bits per heavy atom. The first-order valence-corrected chi connectivity index (χ1v) is 11.0. The van der Waals surface area contributed by atoms with E-state index in [4.69, 9.17) is 4.74 Å². The molecule has 0 fully saturated rings. The molecule has 0 spiro atoms. The molecule has 0 aliphatic heterocycles. The molecule has 0 radical (unpaired) electrons. The topological polar surface area (TPSA) is 84.5 Å². The number of nitrogens with one attached hydrogen (secondary N) is 2. The highest BCUT2D eigenvalue weighted by atomic mass is 32.2. The van der Waals surface area contributed by atoms with E-state index < -0.39 is 15.9 Å². The zero-order valence-electron chi connectivity index (χ0n) is 15.9. The Morgan fingerprint density at radius 2 is 1.66 bits per heavy atom. The Balaban J connectivity index is 1.89. The number of methoxy groups -OCH3 is 1. The molecule has 1 amide bonds. The maximum atomic E-state index is 12.8. The third-order valence-electron chi connectivity index (χ3n) is 4.09. The van der Waals surface area contributed by atoms with Crippen molar-refractivity contribution in [3.63, 3.8) is 0 Å². The fraction of sp³-hybridized carbons (Fsp3) is 0.0952. The Bertz CT molecular complexity index is 1120. The summed E-state index contributed by atoms with van der Waals surface area (Å²) in [6.45, 7) is 0. The van der Waals surface area contributed by atoms with Gasteiger partial charge in [-0.25, -0.2) is 13.1 Å². The third-order valence-corrected chi connectivity index (χ3v) is 6.61. The molecule has 8 heteroatoms. The molecule has 2 N–H and O–H groups in total.